The highest BCUT2D eigenvalue weighted by atomic mass is 16.5. The highest BCUT2D eigenvalue weighted by Gasteiger charge is 2.17. The number of H-pyrrole nitrogens is 1. The molecule has 23 heavy (non-hydrogen) atoms. The fourth-order valence-electron chi connectivity index (χ4n) is 3.16. The van der Waals surface area contributed by atoms with Crippen LogP contribution in [0, 0.1) is 12.3 Å². The second kappa shape index (κ2) is 7.34. The van der Waals surface area contributed by atoms with E-state index in [4.69, 9.17) is 11.2 Å². The Balaban J connectivity index is 1.62. The minimum absolute atomic E-state index is 0.304. The number of terminal acetylenes is 1. The molecule has 1 aliphatic carbocycles. The molecule has 1 heterocycles. The van der Waals surface area contributed by atoms with Crippen LogP contribution in [0.4, 0.5) is 0 Å². The Kier molecular flexibility index (Phi) is 4.99. The van der Waals surface area contributed by atoms with Crippen LogP contribution in [0.3, 0.4) is 0 Å². The van der Waals surface area contributed by atoms with E-state index in [0.29, 0.717) is 6.61 Å². The zero-order chi connectivity index (χ0) is 16.1. The van der Waals surface area contributed by atoms with Crippen LogP contribution in [0.15, 0.2) is 24.3 Å². The van der Waals surface area contributed by atoms with E-state index < -0.39 is 0 Å². The smallest absolute Gasteiger partial charge is 0.148 e. The van der Waals surface area contributed by atoms with Crippen molar-refractivity contribution >= 4 is 0 Å². The summed E-state index contributed by atoms with van der Waals surface area (Å²) in [5.74, 6) is 3.32. The molecule has 4 heteroatoms. The monoisotopic (exact) mass is 309 g/mol. The fraction of sp³-hybridized carbons (Fsp3) is 0.421. The van der Waals surface area contributed by atoms with Crippen molar-refractivity contribution in [2.24, 2.45) is 0 Å². The third kappa shape index (κ3) is 3.94. The van der Waals surface area contributed by atoms with Gasteiger partial charge in [0.05, 0.1) is 5.69 Å². The summed E-state index contributed by atoms with van der Waals surface area (Å²) in [5, 5.41) is 7.74. The Morgan fingerprint density at radius 3 is 3.04 bits per heavy atom. The fourth-order valence-corrected chi connectivity index (χ4v) is 3.16. The molecule has 3 rings (SSSR count). The van der Waals surface area contributed by atoms with E-state index >= 15 is 0 Å². The lowest BCUT2D eigenvalue weighted by molar-refractivity contribution is 0.312. The third-order valence-corrected chi connectivity index (χ3v) is 4.23. The van der Waals surface area contributed by atoms with Gasteiger partial charge in [0.1, 0.15) is 12.4 Å². The van der Waals surface area contributed by atoms with Gasteiger partial charge < -0.3 is 4.74 Å². The van der Waals surface area contributed by atoms with Crippen molar-refractivity contribution in [2.45, 2.75) is 38.8 Å². The van der Waals surface area contributed by atoms with E-state index in [-0.39, 0.29) is 0 Å². The summed E-state index contributed by atoms with van der Waals surface area (Å²) >= 11 is 0. The van der Waals surface area contributed by atoms with Gasteiger partial charge in [-0.15, -0.1) is 6.42 Å². The minimum Gasteiger partial charge on any atom is -0.481 e. The molecule has 4 nitrogen and oxygen atoms in total. The van der Waals surface area contributed by atoms with Crippen LogP contribution in [-0.2, 0) is 25.9 Å². The molecule has 1 aliphatic rings. The zero-order valence-electron chi connectivity index (χ0n) is 13.6. The van der Waals surface area contributed by atoms with Crippen LogP contribution >= 0.6 is 0 Å². The van der Waals surface area contributed by atoms with Gasteiger partial charge in [-0.2, -0.15) is 5.10 Å². The lowest BCUT2D eigenvalue weighted by Gasteiger charge is -2.18. The van der Waals surface area contributed by atoms with E-state index in [9.17, 15) is 0 Å². The van der Waals surface area contributed by atoms with Crippen molar-refractivity contribution in [3.05, 3.63) is 46.8 Å². The average Bonchev–Trinajstić information content (AvgIpc) is 2.96. The number of hydrogen-bond donors (Lipinski definition) is 1. The van der Waals surface area contributed by atoms with Gasteiger partial charge in [0.25, 0.3) is 0 Å². The summed E-state index contributed by atoms with van der Waals surface area (Å²) in [5.41, 5.74) is 5.19. The Morgan fingerprint density at radius 2 is 2.17 bits per heavy atom. The lowest BCUT2D eigenvalue weighted by Crippen LogP contribution is -2.18. The number of ether oxygens (including phenoxy) is 1. The van der Waals surface area contributed by atoms with Gasteiger partial charge in [-0.3, -0.25) is 10.00 Å². The van der Waals surface area contributed by atoms with Gasteiger partial charge >= 0.3 is 0 Å². The zero-order valence-corrected chi connectivity index (χ0v) is 13.6. The molecule has 0 fully saturated rings. The normalized spacial score (nSPS) is 13.6. The molecule has 0 aliphatic heterocycles. The maximum Gasteiger partial charge on any atom is 0.148 e. The van der Waals surface area contributed by atoms with Gasteiger partial charge in [-0.05, 0) is 56.0 Å². The Bertz CT molecular complexity index is 699. The number of benzene rings is 1. The number of nitrogens with zero attached hydrogens (tertiary/aromatic N) is 2. The predicted molar refractivity (Wildman–Crippen MR) is 91.2 cm³/mol. The van der Waals surface area contributed by atoms with Gasteiger partial charge in [0.2, 0.25) is 0 Å². The molecule has 0 bridgehead atoms. The summed E-state index contributed by atoms with van der Waals surface area (Å²) < 4.78 is 5.49. The summed E-state index contributed by atoms with van der Waals surface area (Å²) in [4.78, 5) is 2.28. The number of aromatic nitrogens is 2. The molecule has 1 aromatic carbocycles. The SMILES string of the molecule is C#CCOc1cccc(CN(C)Cc2n[nH]c3c2CCCC3)c1. The quantitative estimate of drug-likeness (QED) is 0.834. The molecular formula is C19H23N3O. The topological polar surface area (TPSA) is 41.1 Å². The molecule has 0 amide bonds. The molecule has 1 aromatic heterocycles. The van der Waals surface area contributed by atoms with Crippen molar-refractivity contribution < 1.29 is 4.74 Å². The van der Waals surface area contributed by atoms with Crippen molar-refractivity contribution in [2.75, 3.05) is 13.7 Å². The molecule has 0 spiro atoms. The van der Waals surface area contributed by atoms with Crippen LogP contribution < -0.4 is 4.74 Å². The Hall–Kier alpha value is -2.25. The number of aromatic amines is 1. The van der Waals surface area contributed by atoms with Gasteiger partial charge in [-0.25, -0.2) is 0 Å². The molecule has 0 atom stereocenters. The van der Waals surface area contributed by atoms with E-state index in [1.165, 1.54) is 35.4 Å². The van der Waals surface area contributed by atoms with Crippen molar-refractivity contribution in [3.63, 3.8) is 0 Å². The van der Waals surface area contributed by atoms with E-state index in [1.54, 1.807) is 0 Å². The second-order valence-electron chi connectivity index (χ2n) is 6.15. The standard InChI is InChI=1S/C19H23N3O/c1-3-11-23-16-8-6-7-15(12-16)13-22(2)14-19-17-9-4-5-10-18(17)20-21-19/h1,6-8,12H,4-5,9-11,13-14H2,2H3,(H,20,21). The number of hydrogen-bond acceptors (Lipinski definition) is 3. The molecule has 0 radical (unpaired) electrons. The lowest BCUT2D eigenvalue weighted by atomic mass is 9.96. The Labute approximate surface area is 137 Å². The van der Waals surface area contributed by atoms with Crippen LogP contribution in [0.5, 0.6) is 5.75 Å². The highest BCUT2D eigenvalue weighted by Crippen LogP contribution is 2.23. The summed E-state index contributed by atoms with van der Waals surface area (Å²) in [6.07, 6.45) is 10.1. The van der Waals surface area contributed by atoms with E-state index in [2.05, 4.69) is 34.1 Å². The minimum atomic E-state index is 0.304. The number of fused-ring (bicyclic) bond motifs is 1. The molecular weight excluding hydrogens is 286 g/mol. The maximum atomic E-state index is 5.49. The van der Waals surface area contributed by atoms with Crippen molar-refractivity contribution in [1.29, 1.82) is 0 Å². The van der Waals surface area contributed by atoms with Crippen LogP contribution in [0.2, 0.25) is 0 Å². The largest absolute Gasteiger partial charge is 0.481 e. The van der Waals surface area contributed by atoms with Crippen LogP contribution in [0.1, 0.15) is 35.4 Å². The number of rotatable bonds is 6. The first-order valence-corrected chi connectivity index (χ1v) is 8.15. The molecule has 1 N–H and O–H groups in total. The Morgan fingerprint density at radius 1 is 1.30 bits per heavy atom. The first-order chi connectivity index (χ1) is 11.3. The van der Waals surface area contributed by atoms with E-state index in [0.717, 1.165) is 31.7 Å². The van der Waals surface area contributed by atoms with Crippen molar-refractivity contribution in [3.8, 4) is 18.1 Å². The number of nitrogens with one attached hydrogen (secondary N) is 1. The molecule has 0 unspecified atom stereocenters. The summed E-state index contributed by atoms with van der Waals surface area (Å²) in [7, 11) is 2.12. The predicted octanol–water partition coefficient (Wildman–Crippen LogP) is 2.93. The van der Waals surface area contributed by atoms with Gasteiger partial charge in [0, 0.05) is 18.8 Å². The van der Waals surface area contributed by atoms with Crippen LogP contribution in [0.25, 0.3) is 0 Å². The second-order valence-corrected chi connectivity index (χ2v) is 6.15. The third-order valence-electron chi connectivity index (χ3n) is 4.23. The molecule has 2 aromatic rings. The van der Waals surface area contributed by atoms with Gasteiger partial charge in [-0.1, -0.05) is 18.1 Å². The highest BCUT2D eigenvalue weighted by molar-refractivity contribution is 5.30. The average molecular weight is 309 g/mol. The van der Waals surface area contributed by atoms with E-state index in [1.807, 2.05) is 18.2 Å². The molecule has 0 saturated heterocycles. The van der Waals surface area contributed by atoms with Gasteiger partial charge in [0.15, 0.2) is 0 Å². The summed E-state index contributed by atoms with van der Waals surface area (Å²) in [6.45, 7) is 2.02. The first kappa shape index (κ1) is 15.6. The van der Waals surface area contributed by atoms with Crippen molar-refractivity contribution in [1.82, 2.24) is 15.1 Å². The van der Waals surface area contributed by atoms with Crippen LogP contribution in [-0.4, -0.2) is 28.8 Å². The number of aryl methyl sites for hydroxylation is 1. The first-order valence-electron chi connectivity index (χ1n) is 8.15. The maximum absolute atomic E-state index is 5.49. The summed E-state index contributed by atoms with van der Waals surface area (Å²) in [6, 6.07) is 8.10. The molecule has 120 valence electrons. The molecule has 0 saturated carbocycles.